The Morgan fingerprint density at radius 1 is 1.19 bits per heavy atom. The van der Waals surface area contributed by atoms with E-state index in [1.54, 1.807) is 0 Å². The molecule has 0 unspecified atom stereocenters. The van der Waals surface area contributed by atoms with Crippen molar-refractivity contribution in [3.63, 3.8) is 0 Å². The molecule has 0 saturated heterocycles. The molecule has 2 N–H and O–H groups in total. The van der Waals surface area contributed by atoms with Crippen LogP contribution in [0.5, 0.6) is 0 Å². The smallest absolute Gasteiger partial charge is 0.266 e. The molecule has 2 aromatic rings. The summed E-state index contributed by atoms with van der Waals surface area (Å²) in [5.74, 6) is 0. The third-order valence-electron chi connectivity index (χ3n) is 3.51. The van der Waals surface area contributed by atoms with Crippen molar-refractivity contribution in [2.24, 2.45) is 0 Å². The molecule has 0 radical (unpaired) electrons. The molecule has 0 atom stereocenters. The second-order valence-corrected chi connectivity index (χ2v) is 7.13. The van der Waals surface area contributed by atoms with Gasteiger partial charge in [0.15, 0.2) is 0 Å². The maximum atomic E-state index is 12.3. The van der Waals surface area contributed by atoms with Gasteiger partial charge in [-0.05, 0) is 30.0 Å². The zero-order chi connectivity index (χ0) is 15.0. The zero-order valence-electron chi connectivity index (χ0n) is 11.0. The number of benzene rings is 1. The van der Waals surface area contributed by atoms with Gasteiger partial charge in [0.2, 0.25) is 10.0 Å². The highest BCUT2D eigenvalue weighted by Crippen LogP contribution is 2.23. The fraction of sp³-hybridized carbons (Fsp3) is 0.214. The van der Waals surface area contributed by atoms with E-state index in [2.05, 4.69) is 9.71 Å². The van der Waals surface area contributed by atoms with E-state index in [-0.39, 0.29) is 16.0 Å². The second-order valence-electron chi connectivity index (χ2n) is 5.01. The van der Waals surface area contributed by atoms with Crippen molar-refractivity contribution in [1.82, 2.24) is 9.71 Å². The molecule has 0 fully saturated rings. The quantitative estimate of drug-likeness (QED) is 0.897. The first-order chi connectivity index (χ1) is 9.95. The molecule has 21 heavy (non-hydrogen) atoms. The first kappa shape index (κ1) is 14.3. The summed E-state index contributed by atoms with van der Waals surface area (Å²) >= 11 is 5.67. The van der Waals surface area contributed by atoms with Crippen molar-refractivity contribution in [2.75, 3.05) is 0 Å². The van der Waals surface area contributed by atoms with Gasteiger partial charge in [0.25, 0.3) is 5.56 Å². The van der Waals surface area contributed by atoms with Gasteiger partial charge < -0.3 is 4.98 Å². The Hall–Kier alpha value is -1.63. The summed E-state index contributed by atoms with van der Waals surface area (Å²) in [5, 5.41) is -0.146. The number of sulfonamides is 1. The predicted octanol–water partition coefficient (Wildman–Crippen LogP) is 1.47. The van der Waals surface area contributed by atoms with Crippen LogP contribution >= 0.6 is 11.6 Å². The Labute approximate surface area is 127 Å². The van der Waals surface area contributed by atoms with Gasteiger partial charge in [-0.25, -0.2) is 13.1 Å². The summed E-state index contributed by atoms with van der Waals surface area (Å²) in [4.78, 5) is 13.5. The Balaban J connectivity index is 1.82. The maximum absolute atomic E-state index is 12.3. The number of hydrogen-bond donors (Lipinski definition) is 2. The van der Waals surface area contributed by atoms with Gasteiger partial charge in [0.05, 0.1) is 4.90 Å². The van der Waals surface area contributed by atoms with Crippen LogP contribution in [0.4, 0.5) is 0 Å². The molecule has 1 aliphatic rings. The molecular weight excluding hydrogens is 312 g/mol. The van der Waals surface area contributed by atoms with Crippen molar-refractivity contribution in [3.05, 3.63) is 63.0 Å². The lowest BCUT2D eigenvalue weighted by molar-refractivity contribution is 0.555. The Bertz CT molecular complexity index is 820. The molecule has 0 bridgehead atoms. The topological polar surface area (TPSA) is 79.0 Å². The highest BCUT2D eigenvalue weighted by Gasteiger charge is 2.26. The minimum absolute atomic E-state index is 0.0388. The molecule has 1 aliphatic carbocycles. The van der Waals surface area contributed by atoms with Crippen LogP contribution in [0.2, 0.25) is 5.02 Å². The molecule has 0 amide bonds. The van der Waals surface area contributed by atoms with Crippen molar-refractivity contribution in [3.8, 4) is 0 Å². The summed E-state index contributed by atoms with van der Waals surface area (Å²) in [6, 6.07) is 8.86. The van der Waals surface area contributed by atoms with E-state index in [1.807, 2.05) is 24.3 Å². The minimum Gasteiger partial charge on any atom is -0.326 e. The largest absolute Gasteiger partial charge is 0.326 e. The first-order valence-corrected chi connectivity index (χ1v) is 8.29. The van der Waals surface area contributed by atoms with Crippen LogP contribution in [-0.2, 0) is 22.9 Å². The molecular formula is C14H13ClN2O3S. The Morgan fingerprint density at radius 2 is 1.81 bits per heavy atom. The molecule has 1 aromatic carbocycles. The van der Waals surface area contributed by atoms with E-state index >= 15 is 0 Å². The van der Waals surface area contributed by atoms with Crippen molar-refractivity contribution in [2.45, 2.75) is 23.8 Å². The number of aromatic nitrogens is 1. The fourth-order valence-electron chi connectivity index (χ4n) is 2.52. The highest BCUT2D eigenvalue weighted by molar-refractivity contribution is 7.89. The van der Waals surface area contributed by atoms with E-state index in [9.17, 15) is 13.2 Å². The van der Waals surface area contributed by atoms with E-state index in [1.165, 1.54) is 0 Å². The molecule has 110 valence electrons. The molecule has 5 nitrogen and oxygen atoms in total. The number of nitrogens with one attached hydrogen (secondary N) is 2. The van der Waals surface area contributed by atoms with Gasteiger partial charge in [-0.3, -0.25) is 4.79 Å². The molecule has 0 saturated carbocycles. The van der Waals surface area contributed by atoms with Crippen molar-refractivity contribution < 1.29 is 8.42 Å². The lowest BCUT2D eigenvalue weighted by Gasteiger charge is -2.12. The van der Waals surface area contributed by atoms with Gasteiger partial charge in [0.1, 0.15) is 5.02 Å². The fourth-order valence-corrected chi connectivity index (χ4v) is 3.99. The Morgan fingerprint density at radius 3 is 2.38 bits per heavy atom. The lowest BCUT2D eigenvalue weighted by atomic mass is 10.1. The van der Waals surface area contributed by atoms with E-state index in [0.717, 1.165) is 23.4 Å². The Kier molecular flexibility index (Phi) is 3.61. The molecule has 0 aliphatic heterocycles. The van der Waals surface area contributed by atoms with Gasteiger partial charge in [-0.15, -0.1) is 0 Å². The average Bonchev–Trinajstić information content (AvgIpc) is 2.82. The monoisotopic (exact) mass is 324 g/mol. The number of hydrogen-bond acceptors (Lipinski definition) is 3. The van der Waals surface area contributed by atoms with Gasteiger partial charge >= 0.3 is 0 Å². The maximum Gasteiger partial charge on any atom is 0.266 e. The normalized spacial score (nSPS) is 15.1. The summed E-state index contributed by atoms with van der Waals surface area (Å²) in [6.45, 7) is 0. The number of pyridine rings is 1. The third kappa shape index (κ3) is 2.88. The summed E-state index contributed by atoms with van der Waals surface area (Å²) < 4.78 is 27.3. The first-order valence-electron chi connectivity index (χ1n) is 6.43. The van der Waals surface area contributed by atoms with E-state index in [0.29, 0.717) is 12.8 Å². The molecule has 1 aromatic heterocycles. The van der Waals surface area contributed by atoms with Crippen LogP contribution in [0.25, 0.3) is 0 Å². The number of halogens is 1. The van der Waals surface area contributed by atoms with Gasteiger partial charge in [-0.2, -0.15) is 0 Å². The van der Waals surface area contributed by atoms with Crippen LogP contribution < -0.4 is 10.3 Å². The van der Waals surface area contributed by atoms with Crippen molar-refractivity contribution >= 4 is 21.6 Å². The predicted molar refractivity (Wildman–Crippen MR) is 80.0 cm³/mol. The van der Waals surface area contributed by atoms with E-state index in [4.69, 9.17) is 11.6 Å². The average molecular weight is 325 g/mol. The van der Waals surface area contributed by atoms with Crippen LogP contribution in [0.15, 0.2) is 46.2 Å². The van der Waals surface area contributed by atoms with Gasteiger partial charge in [0, 0.05) is 12.2 Å². The standard InChI is InChI=1S/C14H13ClN2O3S/c15-13-7-12(8-16-14(13)18)21(19,20)17-11-5-9-3-1-2-4-10(9)6-11/h1-4,7-8,11,17H,5-6H2,(H,16,18). The molecule has 7 heteroatoms. The summed E-state index contributed by atoms with van der Waals surface area (Å²) in [7, 11) is -3.71. The highest BCUT2D eigenvalue weighted by atomic mass is 35.5. The van der Waals surface area contributed by atoms with Crippen LogP contribution in [0.1, 0.15) is 11.1 Å². The van der Waals surface area contributed by atoms with Crippen molar-refractivity contribution in [1.29, 1.82) is 0 Å². The lowest BCUT2D eigenvalue weighted by Crippen LogP contribution is -2.35. The van der Waals surface area contributed by atoms with E-state index < -0.39 is 15.6 Å². The second kappa shape index (κ2) is 5.29. The van der Waals surface area contributed by atoms with Crippen LogP contribution in [0, 0.1) is 0 Å². The zero-order valence-corrected chi connectivity index (χ0v) is 12.5. The third-order valence-corrected chi connectivity index (χ3v) is 5.30. The van der Waals surface area contributed by atoms with Crippen LogP contribution in [0.3, 0.4) is 0 Å². The number of aromatic amines is 1. The summed E-state index contributed by atoms with van der Waals surface area (Å²) in [6.07, 6.45) is 2.47. The number of fused-ring (bicyclic) bond motifs is 1. The summed E-state index contributed by atoms with van der Waals surface area (Å²) in [5.41, 5.74) is 1.80. The SMILES string of the molecule is O=c1[nH]cc(S(=O)(=O)NC2Cc3ccccc3C2)cc1Cl. The number of H-pyrrole nitrogens is 1. The molecule has 0 spiro atoms. The van der Waals surface area contributed by atoms with Gasteiger partial charge in [-0.1, -0.05) is 35.9 Å². The molecule has 3 rings (SSSR count). The van der Waals surface area contributed by atoms with Crippen LogP contribution in [-0.4, -0.2) is 19.4 Å². The minimum atomic E-state index is -3.71. The number of rotatable bonds is 3. The molecule has 1 heterocycles.